The van der Waals surface area contributed by atoms with Crippen LogP contribution in [0.5, 0.6) is 0 Å². The van der Waals surface area contributed by atoms with Gasteiger partial charge < -0.3 is 5.32 Å². The van der Waals surface area contributed by atoms with Crippen molar-refractivity contribution in [3.05, 3.63) is 59.3 Å². The first kappa shape index (κ1) is 16.5. The van der Waals surface area contributed by atoms with E-state index in [-0.39, 0.29) is 18.5 Å². The molecule has 7 heteroatoms. The molecule has 0 saturated heterocycles. The molecule has 0 bridgehead atoms. The fourth-order valence-electron chi connectivity index (χ4n) is 3.59. The van der Waals surface area contributed by atoms with Crippen LogP contribution in [0.1, 0.15) is 41.5 Å². The Balaban J connectivity index is 1.52. The third-order valence-electron chi connectivity index (χ3n) is 4.78. The number of pyridine rings is 1. The number of aryl methyl sites for hydroxylation is 2. The highest BCUT2D eigenvalue weighted by atomic mass is 16.2. The highest BCUT2D eigenvalue weighted by Crippen LogP contribution is 2.30. The lowest BCUT2D eigenvalue weighted by Gasteiger charge is -2.24. The maximum Gasteiger partial charge on any atom is 0.242 e. The van der Waals surface area contributed by atoms with Crippen LogP contribution in [-0.4, -0.2) is 30.5 Å². The van der Waals surface area contributed by atoms with E-state index in [2.05, 4.69) is 20.5 Å². The second kappa shape index (κ2) is 6.74. The van der Waals surface area contributed by atoms with Crippen molar-refractivity contribution < 1.29 is 4.79 Å². The van der Waals surface area contributed by atoms with E-state index in [0.29, 0.717) is 0 Å². The summed E-state index contributed by atoms with van der Waals surface area (Å²) in [7, 11) is 0. The van der Waals surface area contributed by atoms with E-state index in [4.69, 9.17) is 0 Å². The molecule has 1 atom stereocenters. The van der Waals surface area contributed by atoms with Crippen molar-refractivity contribution in [2.75, 3.05) is 0 Å². The van der Waals surface area contributed by atoms with Gasteiger partial charge in [-0.15, -0.1) is 0 Å². The second-order valence-electron chi connectivity index (χ2n) is 6.74. The van der Waals surface area contributed by atoms with Crippen LogP contribution >= 0.6 is 0 Å². The number of hydrogen-bond acceptors (Lipinski definition) is 4. The molecule has 0 aliphatic heterocycles. The predicted molar refractivity (Wildman–Crippen MR) is 96.9 cm³/mol. The maximum atomic E-state index is 12.5. The normalized spacial score (nSPS) is 16.3. The first-order valence-corrected chi connectivity index (χ1v) is 8.90. The van der Waals surface area contributed by atoms with E-state index in [9.17, 15) is 4.79 Å². The summed E-state index contributed by atoms with van der Waals surface area (Å²) < 4.78 is 3.63. The minimum atomic E-state index is -0.0281. The molecule has 3 aromatic heterocycles. The topological polar surface area (TPSA) is 77.6 Å². The van der Waals surface area contributed by atoms with E-state index in [1.165, 1.54) is 0 Å². The summed E-state index contributed by atoms with van der Waals surface area (Å²) in [4.78, 5) is 16.9. The standard InChI is InChI=1S/C19H22N6O/c1-13-10-14(2)24(23-13)12-19(26)22-16-6-5-7-17-15(16)11-21-25(17)18-8-3-4-9-20-18/h3-4,8-11,16H,5-7,12H2,1-2H3,(H,22,26)/t16-/m0/s1. The number of amides is 1. The van der Waals surface area contributed by atoms with Gasteiger partial charge in [-0.05, 0) is 51.3 Å². The highest BCUT2D eigenvalue weighted by molar-refractivity contribution is 5.76. The van der Waals surface area contributed by atoms with Gasteiger partial charge in [0, 0.05) is 17.5 Å². The number of rotatable bonds is 4. The molecule has 1 N–H and O–H groups in total. The average molecular weight is 350 g/mol. The Hall–Kier alpha value is -2.96. The molecule has 0 radical (unpaired) electrons. The van der Waals surface area contributed by atoms with Crippen LogP contribution in [0.15, 0.2) is 36.7 Å². The molecule has 26 heavy (non-hydrogen) atoms. The number of nitrogens with one attached hydrogen (secondary N) is 1. The molecule has 1 aliphatic rings. The summed E-state index contributed by atoms with van der Waals surface area (Å²) in [5, 5.41) is 12.0. The Bertz CT molecular complexity index is 927. The summed E-state index contributed by atoms with van der Waals surface area (Å²) in [5.74, 6) is 0.781. The van der Waals surface area contributed by atoms with Crippen LogP contribution in [-0.2, 0) is 17.8 Å². The van der Waals surface area contributed by atoms with Crippen molar-refractivity contribution >= 4 is 5.91 Å². The summed E-state index contributed by atoms with van der Waals surface area (Å²) in [5.41, 5.74) is 4.13. The van der Waals surface area contributed by atoms with Gasteiger partial charge in [-0.3, -0.25) is 9.48 Å². The molecule has 0 saturated carbocycles. The lowest BCUT2D eigenvalue weighted by molar-refractivity contribution is -0.122. The molecular weight excluding hydrogens is 328 g/mol. The SMILES string of the molecule is Cc1cc(C)n(CC(=O)N[C@H]2CCCc3c2cnn3-c2ccccn2)n1. The fourth-order valence-corrected chi connectivity index (χ4v) is 3.59. The lowest BCUT2D eigenvalue weighted by atomic mass is 9.93. The van der Waals surface area contributed by atoms with Gasteiger partial charge in [0.05, 0.1) is 23.6 Å². The third-order valence-corrected chi connectivity index (χ3v) is 4.78. The number of fused-ring (bicyclic) bond motifs is 1. The third kappa shape index (κ3) is 3.12. The highest BCUT2D eigenvalue weighted by Gasteiger charge is 2.26. The Morgan fingerprint density at radius 3 is 2.96 bits per heavy atom. The zero-order valence-electron chi connectivity index (χ0n) is 15.0. The molecule has 3 aromatic rings. The van der Waals surface area contributed by atoms with E-state index < -0.39 is 0 Å². The Kier molecular flexibility index (Phi) is 4.28. The fraction of sp³-hybridized carbons (Fsp3) is 0.368. The van der Waals surface area contributed by atoms with Gasteiger partial charge in [-0.25, -0.2) is 9.67 Å². The second-order valence-corrected chi connectivity index (χ2v) is 6.74. The maximum absolute atomic E-state index is 12.5. The summed E-state index contributed by atoms with van der Waals surface area (Å²) in [6, 6.07) is 7.75. The molecule has 7 nitrogen and oxygen atoms in total. The van der Waals surface area contributed by atoms with Crippen LogP contribution < -0.4 is 5.32 Å². The minimum absolute atomic E-state index is 0.0133. The molecule has 0 unspecified atom stereocenters. The van der Waals surface area contributed by atoms with Gasteiger partial charge in [-0.1, -0.05) is 6.07 Å². The number of aromatic nitrogens is 5. The minimum Gasteiger partial charge on any atom is -0.348 e. The first-order chi connectivity index (χ1) is 12.6. The van der Waals surface area contributed by atoms with Crippen LogP contribution in [0.4, 0.5) is 0 Å². The number of carbonyl (C=O) groups is 1. The zero-order valence-corrected chi connectivity index (χ0v) is 15.0. The molecule has 3 heterocycles. The van der Waals surface area contributed by atoms with E-state index in [0.717, 1.165) is 47.7 Å². The van der Waals surface area contributed by atoms with Crippen molar-refractivity contribution in [1.82, 2.24) is 29.9 Å². The lowest BCUT2D eigenvalue weighted by Crippen LogP contribution is -2.34. The van der Waals surface area contributed by atoms with E-state index in [1.807, 2.05) is 49.0 Å². The summed E-state index contributed by atoms with van der Waals surface area (Å²) in [6.45, 7) is 4.13. The molecule has 1 aliphatic carbocycles. The number of carbonyl (C=O) groups excluding carboxylic acids is 1. The van der Waals surface area contributed by atoms with Crippen molar-refractivity contribution in [1.29, 1.82) is 0 Å². The van der Waals surface area contributed by atoms with Gasteiger partial charge in [0.25, 0.3) is 0 Å². The molecule has 0 spiro atoms. The van der Waals surface area contributed by atoms with Gasteiger partial charge in [0.2, 0.25) is 5.91 Å². The molecule has 0 aromatic carbocycles. The van der Waals surface area contributed by atoms with Crippen molar-refractivity contribution in [3.8, 4) is 5.82 Å². The van der Waals surface area contributed by atoms with Gasteiger partial charge in [0.15, 0.2) is 5.82 Å². The van der Waals surface area contributed by atoms with Crippen molar-refractivity contribution in [2.24, 2.45) is 0 Å². The Morgan fingerprint density at radius 1 is 1.35 bits per heavy atom. The largest absolute Gasteiger partial charge is 0.348 e. The molecule has 134 valence electrons. The zero-order chi connectivity index (χ0) is 18.1. The monoisotopic (exact) mass is 350 g/mol. The predicted octanol–water partition coefficient (Wildman–Crippen LogP) is 2.27. The van der Waals surface area contributed by atoms with Crippen LogP contribution in [0.2, 0.25) is 0 Å². The molecule has 1 amide bonds. The summed E-state index contributed by atoms with van der Waals surface area (Å²) in [6.07, 6.45) is 6.49. The van der Waals surface area contributed by atoms with Gasteiger partial charge >= 0.3 is 0 Å². The van der Waals surface area contributed by atoms with Crippen LogP contribution in [0.25, 0.3) is 5.82 Å². The van der Waals surface area contributed by atoms with E-state index in [1.54, 1.807) is 10.9 Å². The Labute approximate surface area is 152 Å². The first-order valence-electron chi connectivity index (χ1n) is 8.90. The van der Waals surface area contributed by atoms with Gasteiger partial charge in [-0.2, -0.15) is 10.2 Å². The quantitative estimate of drug-likeness (QED) is 0.783. The molecular formula is C19H22N6O. The van der Waals surface area contributed by atoms with Crippen LogP contribution in [0.3, 0.4) is 0 Å². The number of nitrogens with zero attached hydrogens (tertiary/aromatic N) is 5. The summed E-state index contributed by atoms with van der Waals surface area (Å²) >= 11 is 0. The molecule has 4 rings (SSSR count). The average Bonchev–Trinajstić information content (AvgIpc) is 3.19. The molecule has 0 fully saturated rings. The van der Waals surface area contributed by atoms with E-state index >= 15 is 0 Å². The van der Waals surface area contributed by atoms with Gasteiger partial charge in [0.1, 0.15) is 6.54 Å². The number of hydrogen-bond donors (Lipinski definition) is 1. The van der Waals surface area contributed by atoms with Crippen molar-refractivity contribution in [2.45, 2.75) is 45.7 Å². The smallest absolute Gasteiger partial charge is 0.242 e. The Morgan fingerprint density at radius 2 is 2.23 bits per heavy atom. The van der Waals surface area contributed by atoms with Crippen molar-refractivity contribution in [3.63, 3.8) is 0 Å². The van der Waals surface area contributed by atoms with Crippen LogP contribution in [0, 0.1) is 13.8 Å².